The highest BCUT2D eigenvalue weighted by Crippen LogP contribution is 1.84. The lowest BCUT2D eigenvalue weighted by atomic mass is 10.3. The Kier molecular flexibility index (Phi) is 1.81. The second kappa shape index (κ2) is 2.79. The van der Waals surface area contributed by atoms with Crippen molar-refractivity contribution in [1.29, 1.82) is 5.26 Å². The van der Waals surface area contributed by atoms with Crippen LogP contribution in [0.5, 0.6) is 0 Å². The smallest absolute Gasteiger partial charge is 0.196 e. The van der Waals surface area contributed by atoms with Gasteiger partial charge in [0, 0.05) is 0 Å². The molecule has 2 heteroatoms. The predicted octanol–water partition coefficient (Wildman–Crippen LogP) is 0.918. The first kappa shape index (κ1) is 6.50. The third-order valence-electron chi connectivity index (χ3n) is 1.12. The Balaban J connectivity index is 3.47. The van der Waals surface area contributed by atoms with Gasteiger partial charge in [0.1, 0.15) is 6.07 Å². The van der Waals surface area contributed by atoms with Crippen LogP contribution in [0.3, 0.4) is 0 Å². The highest BCUT2D eigenvalue weighted by atomic mass is 16.1. The molecular formula is C8H5NO. The minimum absolute atomic E-state index is 0.185. The zero-order valence-corrected chi connectivity index (χ0v) is 5.24. The average molecular weight is 131 g/mol. The molecule has 0 aliphatic carbocycles. The molecule has 0 saturated carbocycles. The molecule has 0 N–H and O–H groups in total. The van der Waals surface area contributed by atoms with Crippen LogP contribution in [-0.4, -0.2) is 0 Å². The van der Waals surface area contributed by atoms with Crippen LogP contribution < -0.4 is 5.43 Å². The fraction of sp³-hybridized carbons (Fsp3) is 0. The summed E-state index contributed by atoms with van der Waals surface area (Å²) >= 11 is 0. The molecule has 0 radical (unpaired) electrons. The number of nitriles is 1. The molecule has 0 aliphatic heterocycles. The standard InChI is InChI=1S/C8H5NO/c9-6-7-4-2-1-3-5-8(7)10/h1-5H. The summed E-state index contributed by atoms with van der Waals surface area (Å²) in [6.45, 7) is 0. The van der Waals surface area contributed by atoms with Crippen molar-refractivity contribution < 1.29 is 0 Å². The van der Waals surface area contributed by atoms with E-state index in [-0.39, 0.29) is 11.0 Å². The van der Waals surface area contributed by atoms with Crippen LogP contribution in [0.1, 0.15) is 5.56 Å². The molecule has 1 rings (SSSR count). The van der Waals surface area contributed by atoms with E-state index < -0.39 is 0 Å². The van der Waals surface area contributed by atoms with Gasteiger partial charge in [-0.3, -0.25) is 4.79 Å². The summed E-state index contributed by atoms with van der Waals surface area (Å²) in [6, 6.07) is 9.67. The SMILES string of the molecule is N#Cc1cccccc1=O. The van der Waals surface area contributed by atoms with Crippen molar-refractivity contribution in [2.75, 3.05) is 0 Å². The highest BCUT2D eigenvalue weighted by molar-refractivity contribution is 5.26. The Morgan fingerprint density at radius 1 is 1.20 bits per heavy atom. The van der Waals surface area contributed by atoms with Crippen molar-refractivity contribution in [1.82, 2.24) is 0 Å². The Labute approximate surface area is 58.4 Å². The Hall–Kier alpha value is -1.62. The van der Waals surface area contributed by atoms with Crippen molar-refractivity contribution in [3.63, 3.8) is 0 Å². The topological polar surface area (TPSA) is 40.9 Å². The molecule has 0 heterocycles. The van der Waals surface area contributed by atoms with Gasteiger partial charge in [0.05, 0.1) is 5.56 Å². The van der Waals surface area contributed by atoms with E-state index in [1.54, 1.807) is 24.3 Å². The van der Waals surface area contributed by atoms with Crippen LogP contribution in [0.25, 0.3) is 0 Å². The van der Waals surface area contributed by atoms with E-state index in [1.165, 1.54) is 12.1 Å². The van der Waals surface area contributed by atoms with Gasteiger partial charge in [0.25, 0.3) is 0 Å². The molecule has 0 amide bonds. The van der Waals surface area contributed by atoms with Gasteiger partial charge in [-0.25, -0.2) is 0 Å². The van der Waals surface area contributed by atoms with Crippen LogP contribution in [0.4, 0.5) is 0 Å². The van der Waals surface area contributed by atoms with E-state index in [9.17, 15) is 4.79 Å². The second-order valence-corrected chi connectivity index (χ2v) is 1.80. The lowest BCUT2D eigenvalue weighted by Gasteiger charge is -1.71. The quantitative estimate of drug-likeness (QED) is 0.525. The molecule has 0 saturated heterocycles. The highest BCUT2D eigenvalue weighted by Gasteiger charge is 1.89. The molecule has 1 aromatic carbocycles. The molecule has 2 nitrogen and oxygen atoms in total. The van der Waals surface area contributed by atoms with Gasteiger partial charge in [-0.2, -0.15) is 5.26 Å². The van der Waals surface area contributed by atoms with Gasteiger partial charge in [-0.1, -0.05) is 18.2 Å². The van der Waals surface area contributed by atoms with Gasteiger partial charge in [-0.15, -0.1) is 0 Å². The van der Waals surface area contributed by atoms with Crippen LogP contribution in [0.2, 0.25) is 0 Å². The summed E-state index contributed by atoms with van der Waals surface area (Å²) in [5.74, 6) is 0. The normalized spacial score (nSPS) is 8.30. The molecule has 0 spiro atoms. The van der Waals surface area contributed by atoms with E-state index in [1.807, 2.05) is 0 Å². The maximum atomic E-state index is 10.8. The number of hydrogen-bond donors (Lipinski definition) is 0. The third-order valence-corrected chi connectivity index (χ3v) is 1.12. The molecule has 48 valence electrons. The molecule has 10 heavy (non-hydrogen) atoms. The fourth-order valence-corrected chi connectivity index (χ4v) is 0.623. The third kappa shape index (κ3) is 1.20. The molecule has 0 unspecified atom stereocenters. The van der Waals surface area contributed by atoms with Gasteiger partial charge >= 0.3 is 0 Å². The van der Waals surface area contributed by atoms with Crippen molar-refractivity contribution in [2.45, 2.75) is 0 Å². The van der Waals surface area contributed by atoms with E-state index >= 15 is 0 Å². The second-order valence-electron chi connectivity index (χ2n) is 1.80. The van der Waals surface area contributed by atoms with E-state index in [2.05, 4.69) is 0 Å². The zero-order valence-electron chi connectivity index (χ0n) is 5.24. The Bertz CT molecular complexity index is 325. The Morgan fingerprint density at radius 2 is 1.90 bits per heavy atom. The number of rotatable bonds is 0. The van der Waals surface area contributed by atoms with Gasteiger partial charge in [0.2, 0.25) is 0 Å². The maximum absolute atomic E-state index is 10.8. The fourth-order valence-electron chi connectivity index (χ4n) is 0.623. The molecule has 0 fully saturated rings. The van der Waals surface area contributed by atoms with Crippen molar-refractivity contribution in [3.05, 3.63) is 46.1 Å². The van der Waals surface area contributed by atoms with Crippen LogP contribution >= 0.6 is 0 Å². The average Bonchev–Trinajstić information content (AvgIpc) is 2.13. The monoisotopic (exact) mass is 131 g/mol. The van der Waals surface area contributed by atoms with Gasteiger partial charge in [-0.05, 0) is 12.1 Å². The van der Waals surface area contributed by atoms with Gasteiger partial charge < -0.3 is 0 Å². The van der Waals surface area contributed by atoms with Crippen molar-refractivity contribution >= 4 is 0 Å². The lowest BCUT2D eigenvalue weighted by molar-refractivity contribution is 1.47. The molecule has 0 aromatic heterocycles. The summed E-state index contributed by atoms with van der Waals surface area (Å²) in [5.41, 5.74) is -0.0440. The number of hydrogen-bond acceptors (Lipinski definition) is 2. The van der Waals surface area contributed by atoms with E-state index in [0.29, 0.717) is 0 Å². The summed E-state index contributed by atoms with van der Waals surface area (Å²) in [7, 11) is 0. The first-order chi connectivity index (χ1) is 4.84. The van der Waals surface area contributed by atoms with E-state index in [4.69, 9.17) is 5.26 Å². The summed E-state index contributed by atoms with van der Waals surface area (Å²) in [5, 5.41) is 8.38. The minimum atomic E-state index is -0.229. The molecule has 0 bridgehead atoms. The molecule has 0 atom stereocenters. The van der Waals surface area contributed by atoms with Crippen LogP contribution in [0, 0.1) is 11.3 Å². The van der Waals surface area contributed by atoms with Crippen LogP contribution in [0.15, 0.2) is 35.1 Å². The predicted molar refractivity (Wildman–Crippen MR) is 37.4 cm³/mol. The van der Waals surface area contributed by atoms with Crippen molar-refractivity contribution in [3.8, 4) is 6.07 Å². The lowest BCUT2D eigenvalue weighted by Crippen LogP contribution is -1.98. The zero-order chi connectivity index (χ0) is 7.40. The Morgan fingerprint density at radius 3 is 2.60 bits per heavy atom. The number of nitrogens with zero attached hydrogens (tertiary/aromatic N) is 1. The van der Waals surface area contributed by atoms with Crippen molar-refractivity contribution in [2.24, 2.45) is 0 Å². The first-order valence-electron chi connectivity index (χ1n) is 2.84. The summed E-state index contributed by atoms with van der Waals surface area (Å²) < 4.78 is 0. The van der Waals surface area contributed by atoms with Gasteiger partial charge in [0.15, 0.2) is 5.43 Å². The van der Waals surface area contributed by atoms with Crippen LogP contribution in [-0.2, 0) is 0 Å². The largest absolute Gasteiger partial charge is 0.288 e. The minimum Gasteiger partial charge on any atom is -0.288 e. The first-order valence-corrected chi connectivity index (χ1v) is 2.84. The maximum Gasteiger partial charge on any atom is 0.196 e. The molecule has 0 aliphatic rings. The summed E-state index contributed by atoms with van der Waals surface area (Å²) in [4.78, 5) is 10.8. The summed E-state index contributed by atoms with van der Waals surface area (Å²) in [6.07, 6.45) is 0. The van der Waals surface area contributed by atoms with E-state index in [0.717, 1.165) is 0 Å². The molecular weight excluding hydrogens is 126 g/mol. The molecule has 1 aromatic rings.